The molecule has 0 heterocycles. The average molecular weight is 182 g/mol. The zero-order valence-corrected chi connectivity index (χ0v) is 7.62. The molecule has 0 amide bonds. The fraction of sp³-hybridized carbons (Fsp3) is 0. The van der Waals surface area contributed by atoms with Crippen molar-refractivity contribution < 1.29 is 0 Å². The van der Waals surface area contributed by atoms with E-state index in [1.807, 2.05) is 36.4 Å². The number of nitrogens with one attached hydrogen (secondary N) is 2. The molecule has 2 aromatic rings. The molecule has 0 saturated heterocycles. The van der Waals surface area contributed by atoms with Gasteiger partial charge in [0, 0.05) is 12.4 Å². The van der Waals surface area contributed by atoms with Crippen LogP contribution in [0.3, 0.4) is 0 Å². The van der Waals surface area contributed by atoms with Crippen LogP contribution in [0.5, 0.6) is 0 Å². The second-order valence-electron chi connectivity index (χ2n) is 3.15. The predicted octanol–water partition coefficient (Wildman–Crippen LogP) is 2.84. The minimum Gasteiger partial charge on any atom is -0.308 e. The molecule has 0 aromatic heterocycles. The van der Waals surface area contributed by atoms with Gasteiger partial charge in [0.05, 0.1) is 0 Å². The summed E-state index contributed by atoms with van der Waals surface area (Å²) in [6.07, 6.45) is 2.67. The lowest BCUT2D eigenvalue weighted by atomic mass is 10.1. The first-order valence-electron chi connectivity index (χ1n) is 4.38. The molecule has 68 valence electrons. The van der Waals surface area contributed by atoms with E-state index in [1.54, 1.807) is 0 Å². The highest BCUT2D eigenvalue weighted by atomic mass is 14.3. The minimum atomic E-state index is 0.903. The van der Waals surface area contributed by atoms with Crippen molar-refractivity contribution in [2.45, 2.75) is 0 Å². The second kappa shape index (κ2) is 3.42. The standard InChI is InChI=1S/C12H10N2/c13-7-9-1-3-11-6-10(8-14)2-4-12(11)5-9/h1-8,13-14H. The Hall–Kier alpha value is -1.96. The Labute approximate surface area is 82.2 Å². The topological polar surface area (TPSA) is 47.7 Å². The molecule has 0 aliphatic rings. The van der Waals surface area contributed by atoms with Gasteiger partial charge in [0.2, 0.25) is 0 Å². The van der Waals surface area contributed by atoms with Crippen LogP contribution in [0, 0.1) is 10.8 Å². The lowest BCUT2D eigenvalue weighted by Gasteiger charge is -2.00. The van der Waals surface area contributed by atoms with Gasteiger partial charge in [-0.3, -0.25) is 0 Å². The van der Waals surface area contributed by atoms with E-state index in [2.05, 4.69) is 0 Å². The minimum absolute atomic E-state index is 0.903. The Morgan fingerprint density at radius 3 is 1.50 bits per heavy atom. The third-order valence-corrected chi connectivity index (χ3v) is 2.22. The third-order valence-electron chi connectivity index (χ3n) is 2.22. The Morgan fingerprint density at radius 2 is 1.14 bits per heavy atom. The van der Waals surface area contributed by atoms with Crippen LogP contribution in [-0.2, 0) is 0 Å². The summed E-state index contributed by atoms with van der Waals surface area (Å²) in [5, 5.41) is 16.5. The van der Waals surface area contributed by atoms with Crippen molar-refractivity contribution >= 4 is 23.2 Å². The Morgan fingerprint density at radius 1 is 0.714 bits per heavy atom. The molecule has 0 aliphatic carbocycles. The molecule has 2 heteroatoms. The smallest absolute Gasteiger partial charge is 0.0250 e. The normalized spacial score (nSPS) is 10.0. The van der Waals surface area contributed by atoms with Crippen molar-refractivity contribution in [3.05, 3.63) is 47.5 Å². The number of rotatable bonds is 2. The van der Waals surface area contributed by atoms with Crippen molar-refractivity contribution in [1.29, 1.82) is 10.8 Å². The van der Waals surface area contributed by atoms with E-state index in [0.29, 0.717) is 0 Å². The summed E-state index contributed by atoms with van der Waals surface area (Å²) in [7, 11) is 0. The molecule has 2 N–H and O–H groups in total. The quantitative estimate of drug-likeness (QED) is 0.671. The van der Waals surface area contributed by atoms with Crippen LogP contribution in [0.2, 0.25) is 0 Å². The highest BCUT2D eigenvalue weighted by molar-refractivity contribution is 5.93. The van der Waals surface area contributed by atoms with Crippen LogP contribution < -0.4 is 0 Å². The van der Waals surface area contributed by atoms with E-state index in [-0.39, 0.29) is 0 Å². The molecule has 2 aromatic carbocycles. The highest BCUT2D eigenvalue weighted by Crippen LogP contribution is 2.16. The second-order valence-corrected chi connectivity index (χ2v) is 3.15. The number of fused-ring (bicyclic) bond motifs is 1. The van der Waals surface area contributed by atoms with E-state index in [4.69, 9.17) is 10.8 Å². The molecule has 0 unspecified atom stereocenters. The molecule has 2 rings (SSSR count). The summed E-state index contributed by atoms with van der Waals surface area (Å²) in [5.41, 5.74) is 1.81. The van der Waals surface area contributed by atoms with Gasteiger partial charge in [-0.15, -0.1) is 0 Å². The molecule has 0 bridgehead atoms. The average Bonchev–Trinajstić information content (AvgIpc) is 2.27. The van der Waals surface area contributed by atoms with Crippen LogP contribution in [0.25, 0.3) is 10.8 Å². The van der Waals surface area contributed by atoms with Crippen molar-refractivity contribution in [3.8, 4) is 0 Å². The van der Waals surface area contributed by atoms with E-state index < -0.39 is 0 Å². The maximum atomic E-state index is 7.14. The van der Waals surface area contributed by atoms with Crippen LogP contribution in [-0.4, -0.2) is 12.4 Å². The molecule has 14 heavy (non-hydrogen) atoms. The number of hydrogen-bond acceptors (Lipinski definition) is 2. The highest BCUT2D eigenvalue weighted by Gasteiger charge is 1.95. The van der Waals surface area contributed by atoms with Gasteiger partial charge in [-0.25, -0.2) is 0 Å². The molecule has 0 saturated carbocycles. The summed E-state index contributed by atoms with van der Waals surface area (Å²) >= 11 is 0. The SMILES string of the molecule is N=Cc1ccc2cc(C=N)ccc2c1. The Balaban J connectivity index is 2.68. The molecular formula is C12H10N2. The fourth-order valence-electron chi connectivity index (χ4n) is 1.46. The van der Waals surface area contributed by atoms with Crippen molar-refractivity contribution in [2.24, 2.45) is 0 Å². The first-order valence-corrected chi connectivity index (χ1v) is 4.38. The molecule has 0 fully saturated rings. The van der Waals surface area contributed by atoms with Crippen LogP contribution >= 0.6 is 0 Å². The number of hydrogen-bond donors (Lipinski definition) is 2. The van der Waals surface area contributed by atoms with Gasteiger partial charge in [-0.1, -0.05) is 24.3 Å². The lowest BCUT2D eigenvalue weighted by molar-refractivity contribution is 1.54. The maximum absolute atomic E-state index is 7.14. The van der Waals surface area contributed by atoms with Gasteiger partial charge < -0.3 is 10.8 Å². The van der Waals surface area contributed by atoms with E-state index in [0.717, 1.165) is 21.9 Å². The first kappa shape index (κ1) is 8.63. The predicted molar refractivity (Wildman–Crippen MR) is 59.7 cm³/mol. The van der Waals surface area contributed by atoms with Gasteiger partial charge in [0.15, 0.2) is 0 Å². The van der Waals surface area contributed by atoms with Crippen molar-refractivity contribution in [1.82, 2.24) is 0 Å². The fourth-order valence-corrected chi connectivity index (χ4v) is 1.46. The van der Waals surface area contributed by atoms with Gasteiger partial charge >= 0.3 is 0 Å². The van der Waals surface area contributed by atoms with E-state index in [1.165, 1.54) is 12.4 Å². The maximum Gasteiger partial charge on any atom is 0.0250 e. The molecule has 0 aliphatic heterocycles. The van der Waals surface area contributed by atoms with Crippen LogP contribution in [0.1, 0.15) is 11.1 Å². The summed E-state index contributed by atoms with van der Waals surface area (Å²) in [5.74, 6) is 0. The first-order chi connectivity index (χ1) is 6.83. The Bertz CT molecular complexity index is 453. The Kier molecular flexibility index (Phi) is 2.11. The molecular weight excluding hydrogens is 172 g/mol. The monoisotopic (exact) mass is 182 g/mol. The molecule has 0 spiro atoms. The zero-order valence-electron chi connectivity index (χ0n) is 7.62. The summed E-state index contributed by atoms with van der Waals surface area (Å²) in [6.45, 7) is 0. The van der Waals surface area contributed by atoms with Gasteiger partial charge in [-0.2, -0.15) is 0 Å². The van der Waals surface area contributed by atoms with Crippen molar-refractivity contribution in [3.63, 3.8) is 0 Å². The number of benzene rings is 2. The summed E-state index contributed by atoms with van der Waals surface area (Å²) in [4.78, 5) is 0. The molecule has 0 atom stereocenters. The van der Waals surface area contributed by atoms with Crippen LogP contribution in [0.4, 0.5) is 0 Å². The molecule has 0 radical (unpaired) electrons. The van der Waals surface area contributed by atoms with E-state index >= 15 is 0 Å². The largest absolute Gasteiger partial charge is 0.308 e. The van der Waals surface area contributed by atoms with Crippen molar-refractivity contribution in [2.75, 3.05) is 0 Å². The van der Waals surface area contributed by atoms with Gasteiger partial charge in [-0.05, 0) is 34.0 Å². The summed E-state index contributed by atoms with van der Waals surface area (Å²) in [6, 6.07) is 11.7. The lowest BCUT2D eigenvalue weighted by Crippen LogP contribution is -1.83. The van der Waals surface area contributed by atoms with Gasteiger partial charge in [0.1, 0.15) is 0 Å². The zero-order chi connectivity index (χ0) is 9.97. The van der Waals surface area contributed by atoms with Gasteiger partial charge in [0.25, 0.3) is 0 Å². The van der Waals surface area contributed by atoms with Crippen LogP contribution in [0.15, 0.2) is 36.4 Å². The van der Waals surface area contributed by atoms with E-state index in [9.17, 15) is 0 Å². The molecule has 2 nitrogen and oxygen atoms in total. The third kappa shape index (κ3) is 1.42. The summed E-state index contributed by atoms with van der Waals surface area (Å²) < 4.78 is 0.